The van der Waals surface area contributed by atoms with E-state index in [0.717, 1.165) is 6.08 Å². The summed E-state index contributed by atoms with van der Waals surface area (Å²) in [6.07, 6.45) is -10.7. The smallest absolute Gasteiger partial charge is 0.426 e. The third-order valence-electron chi connectivity index (χ3n) is 5.32. The molecule has 0 heterocycles. The van der Waals surface area contributed by atoms with Crippen molar-refractivity contribution in [1.29, 1.82) is 0 Å². The molecule has 0 amide bonds. The van der Waals surface area contributed by atoms with Crippen molar-refractivity contribution in [1.82, 2.24) is 0 Å². The van der Waals surface area contributed by atoms with Gasteiger partial charge in [-0.1, -0.05) is 6.58 Å². The quantitative estimate of drug-likeness (QED) is 0.463. The highest BCUT2D eigenvalue weighted by atomic mass is 19.4. The van der Waals surface area contributed by atoms with E-state index in [2.05, 4.69) is 6.58 Å². The molecule has 2 rings (SSSR count). The minimum absolute atomic E-state index is 0.0485. The summed E-state index contributed by atoms with van der Waals surface area (Å²) in [6, 6.07) is 0. The first-order valence-electron chi connectivity index (χ1n) is 7.55. The van der Waals surface area contributed by atoms with Crippen molar-refractivity contribution in [2.45, 2.75) is 43.6 Å². The van der Waals surface area contributed by atoms with E-state index in [-0.39, 0.29) is 24.9 Å². The van der Waals surface area contributed by atoms with Crippen LogP contribution >= 0.6 is 0 Å². The number of alkyl halides is 6. The summed E-state index contributed by atoms with van der Waals surface area (Å²) >= 11 is 0. The molecule has 2 saturated carbocycles. The zero-order valence-electron chi connectivity index (χ0n) is 12.7. The number of hydrogen-bond donors (Lipinski definition) is 1. The Bertz CT molecular complexity index is 484. The van der Waals surface area contributed by atoms with Gasteiger partial charge in [-0.3, -0.25) is 0 Å². The highest BCUT2D eigenvalue weighted by Crippen LogP contribution is 2.57. The van der Waals surface area contributed by atoms with Gasteiger partial charge in [0.05, 0.1) is 6.61 Å². The summed E-state index contributed by atoms with van der Waals surface area (Å²) < 4.78 is 82.0. The molecular weight excluding hydrogens is 342 g/mol. The van der Waals surface area contributed by atoms with Gasteiger partial charge in [-0.25, -0.2) is 4.79 Å². The highest BCUT2D eigenvalue weighted by Gasteiger charge is 2.71. The topological polar surface area (TPSA) is 46.5 Å². The Morgan fingerprint density at radius 1 is 1.17 bits per heavy atom. The molecule has 0 spiro atoms. The minimum atomic E-state index is -5.79. The molecule has 2 aliphatic rings. The Morgan fingerprint density at radius 3 is 2.25 bits per heavy atom. The van der Waals surface area contributed by atoms with Crippen LogP contribution in [0.25, 0.3) is 0 Å². The fraction of sp³-hybridized carbons (Fsp3) is 0.800. The van der Waals surface area contributed by atoms with Crippen LogP contribution in [0.15, 0.2) is 12.7 Å². The first-order chi connectivity index (χ1) is 10.9. The van der Waals surface area contributed by atoms with Gasteiger partial charge in [-0.05, 0) is 49.4 Å². The molecule has 24 heavy (non-hydrogen) atoms. The van der Waals surface area contributed by atoms with Gasteiger partial charge in [0.1, 0.15) is 0 Å². The fourth-order valence-corrected chi connectivity index (χ4v) is 4.13. The van der Waals surface area contributed by atoms with E-state index < -0.39 is 42.2 Å². The Morgan fingerprint density at radius 2 is 1.75 bits per heavy atom. The molecule has 2 aliphatic carbocycles. The molecule has 2 bridgehead atoms. The Hall–Kier alpha value is -1.25. The third kappa shape index (κ3) is 3.27. The van der Waals surface area contributed by atoms with Crippen molar-refractivity contribution in [3.05, 3.63) is 12.7 Å². The van der Waals surface area contributed by atoms with Crippen LogP contribution in [0, 0.1) is 23.7 Å². The summed E-state index contributed by atoms with van der Waals surface area (Å²) in [5.74, 6) is -2.39. The van der Waals surface area contributed by atoms with E-state index in [1.54, 1.807) is 0 Å². The predicted molar refractivity (Wildman–Crippen MR) is 70.6 cm³/mol. The van der Waals surface area contributed by atoms with E-state index in [9.17, 15) is 36.2 Å². The molecule has 9 heteroatoms. The lowest BCUT2D eigenvalue weighted by Crippen LogP contribution is -2.58. The molecule has 4 atom stereocenters. The van der Waals surface area contributed by atoms with Gasteiger partial charge < -0.3 is 9.84 Å². The molecule has 1 N–H and O–H groups in total. The van der Waals surface area contributed by atoms with E-state index in [4.69, 9.17) is 4.74 Å². The van der Waals surface area contributed by atoms with Gasteiger partial charge in [0.25, 0.3) is 5.60 Å². The van der Waals surface area contributed by atoms with Crippen LogP contribution in [0.3, 0.4) is 0 Å². The summed E-state index contributed by atoms with van der Waals surface area (Å²) in [5, 5.41) is 9.37. The lowest BCUT2D eigenvalue weighted by molar-refractivity contribution is -0.373. The van der Waals surface area contributed by atoms with Gasteiger partial charge in [-0.15, -0.1) is 0 Å². The largest absolute Gasteiger partial charge is 0.462 e. The fourth-order valence-electron chi connectivity index (χ4n) is 4.13. The molecule has 138 valence electrons. The van der Waals surface area contributed by atoms with Gasteiger partial charge in [0.15, 0.2) is 0 Å². The number of ether oxygens (including phenoxy) is 1. The van der Waals surface area contributed by atoms with Gasteiger partial charge in [-0.2, -0.15) is 26.3 Å². The highest BCUT2D eigenvalue weighted by molar-refractivity contribution is 5.81. The molecule has 2 fully saturated rings. The van der Waals surface area contributed by atoms with Crippen LogP contribution < -0.4 is 0 Å². The number of aliphatic hydroxyl groups is 1. The molecule has 0 aliphatic heterocycles. The summed E-state index contributed by atoms with van der Waals surface area (Å²) in [4.78, 5) is 11.1. The first kappa shape index (κ1) is 19.1. The summed E-state index contributed by atoms with van der Waals surface area (Å²) in [7, 11) is 0. The lowest BCUT2D eigenvalue weighted by Gasteiger charge is -2.36. The average Bonchev–Trinajstić information content (AvgIpc) is 2.98. The Labute approximate surface area is 134 Å². The molecular formula is C15H18F6O3. The zero-order chi connectivity index (χ0) is 18.3. The second-order valence-corrected chi connectivity index (χ2v) is 6.56. The van der Waals surface area contributed by atoms with Crippen LogP contribution in [0.2, 0.25) is 0 Å². The predicted octanol–water partition coefficient (Wildman–Crippen LogP) is 3.62. The van der Waals surface area contributed by atoms with Gasteiger partial charge in [0, 0.05) is 6.08 Å². The maximum atomic E-state index is 12.8. The maximum absolute atomic E-state index is 12.8. The number of fused-ring (bicyclic) bond motifs is 2. The number of carbonyl (C=O) groups excluding carboxylic acids is 1. The Kier molecular flexibility index (Phi) is 4.96. The number of rotatable bonds is 5. The van der Waals surface area contributed by atoms with Crippen molar-refractivity contribution < 1.29 is 41.0 Å². The standard InChI is InChI=1S/C15H18F6O3/c1-2-12(22)24-7-11-8-3-4-10(11)9(5-8)6-13(23,14(16,17)18)15(19,20)21/h2,8-11,23H,1,3-7H2. The van der Waals surface area contributed by atoms with E-state index in [1.807, 2.05) is 0 Å². The normalized spacial score (nSPS) is 30.5. The van der Waals surface area contributed by atoms with Crippen molar-refractivity contribution in [3.8, 4) is 0 Å². The van der Waals surface area contributed by atoms with Crippen LogP contribution in [0.4, 0.5) is 26.3 Å². The summed E-state index contributed by atoms with van der Waals surface area (Å²) in [5.41, 5.74) is -4.71. The number of carbonyl (C=O) groups is 1. The van der Waals surface area contributed by atoms with Crippen molar-refractivity contribution in [3.63, 3.8) is 0 Å². The third-order valence-corrected chi connectivity index (χ3v) is 5.32. The second kappa shape index (κ2) is 6.24. The molecule has 4 unspecified atom stereocenters. The van der Waals surface area contributed by atoms with E-state index in [1.165, 1.54) is 0 Å². The zero-order valence-corrected chi connectivity index (χ0v) is 12.7. The van der Waals surface area contributed by atoms with Crippen LogP contribution in [0.5, 0.6) is 0 Å². The van der Waals surface area contributed by atoms with Crippen molar-refractivity contribution in [2.75, 3.05) is 6.61 Å². The first-order valence-corrected chi connectivity index (χ1v) is 7.55. The molecule has 3 nitrogen and oxygen atoms in total. The monoisotopic (exact) mass is 360 g/mol. The SMILES string of the molecule is C=CC(=O)OCC1C2CCC1C(CC(O)(C(F)(F)F)C(F)(F)F)C2. The van der Waals surface area contributed by atoms with Crippen molar-refractivity contribution >= 4 is 5.97 Å². The molecule has 0 radical (unpaired) electrons. The van der Waals surface area contributed by atoms with Gasteiger partial charge in [0.2, 0.25) is 0 Å². The van der Waals surface area contributed by atoms with Gasteiger partial charge >= 0.3 is 18.3 Å². The molecule has 0 aromatic heterocycles. The van der Waals surface area contributed by atoms with E-state index in [0.29, 0.717) is 12.8 Å². The Balaban J connectivity index is 2.11. The summed E-state index contributed by atoms with van der Waals surface area (Å²) in [6.45, 7) is 3.17. The number of halogens is 6. The van der Waals surface area contributed by atoms with Crippen molar-refractivity contribution in [2.24, 2.45) is 23.7 Å². The number of esters is 1. The number of hydrogen-bond acceptors (Lipinski definition) is 3. The minimum Gasteiger partial charge on any atom is -0.462 e. The lowest BCUT2D eigenvalue weighted by atomic mass is 9.79. The maximum Gasteiger partial charge on any atom is 0.426 e. The second-order valence-electron chi connectivity index (χ2n) is 6.56. The average molecular weight is 360 g/mol. The molecule has 0 saturated heterocycles. The van der Waals surface area contributed by atoms with Crippen LogP contribution in [-0.4, -0.2) is 35.6 Å². The molecule has 0 aromatic carbocycles. The van der Waals surface area contributed by atoms with Crippen LogP contribution in [0.1, 0.15) is 25.7 Å². The van der Waals surface area contributed by atoms with Crippen LogP contribution in [-0.2, 0) is 9.53 Å². The van der Waals surface area contributed by atoms with E-state index >= 15 is 0 Å². The molecule has 0 aromatic rings.